The molecular formula is C16H22O4. The van der Waals surface area contributed by atoms with Gasteiger partial charge in [-0.2, -0.15) is 0 Å². The fraction of sp³-hybridized carbons (Fsp3) is 0.562. The van der Waals surface area contributed by atoms with Crippen LogP contribution in [0.3, 0.4) is 0 Å². The summed E-state index contributed by atoms with van der Waals surface area (Å²) in [5.41, 5.74) is 1.72. The standard InChI is InChI=1S/C16H22O4/c1-9-4-5-14(20-3)13(6-9)15(17)11-7-10(2)8-12(11)16(18)19/h4-6,10-12,15,17H,7-8H2,1-3H3,(H,18,19). The molecule has 4 nitrogen and oxygen atoms in total. The molecule has 4 unspecified atom stereocenters. The minimum atomic E-state index is -0.815. The van der Waals surface area contributed by atoms with Crippen LogP contribution in [0.25, 0.3) is 0 Å². The normalized spacial score (nSPS) is 27.3. The first-order valence-electron chi connectivity index (χ1n) is 6.99. The molecule has 2 rings (SSSR count). The van der Waals surface area contributed by atoms with Crippen molar-refractivity contribution < 1.29 is 19.7 Å². The molecule has 2 N–H and O–H groups in total. The van der Waals surface area contributed by atoms with Gasteiger partial charge in [-0.05, 0) is 37.8 Å². The number of hydrogen-bond acceptors (Lipinski definition) is 3. The van der Waals surface area contributed by atoms with Crippen LogP contribution in [-0.2, 0) is 4.79 Å². The number of ether oxygens (including phenoxy) is 1. The van der Waals surface area contributed by atoms with Gasteiger partial charge in [-0.15, -0.1) is 0 Å². The number of rotatable bonds is 4. The first kappa shape index (κ1) is 14.9. The number of methoxy groups -OCH3 is 1. The van der Waals surface area contributed by atoms with Gasteiger partial charge in [-0.3, -0.25) is 4.79 Å². The lowest BCUT2D eigenvalue weighted by molar-refractivity contribution is -0.144. The number of carboxylic acid groups (broad SMARTS) is 1. The van der Waals surface area contributed by atoms with Crippen molar-refractivity contribution in [3.05, 3.63) is 29.3 Å². The number of hydrogen-bond donors (Lipinski definition) is 2. The molecule has 0 amide bonds. The Morgan fingerprint density at radius 2 is 2.10 bits per heavy atom. The molecule has 1 aliphatic rings. The summed E-state index contributed by atoms with van der Waals surface area (Å²) in [6, 6.07) is 5.62. The Labute approximate surface area is 119 Å². The van der Waals surface area contributed by atoms with Gasteiger partial charge in [-0.25, -0.2) is 0 Å². The van der Waals surface area contributed by atoms with Crippen molar-refractivity contribution in [2.24, 2.45) is 17.8 Å². The number of aryl methyl sites for hydroxylation is 1. The van der Waals surface area contributed by atoms with Crippen molar-refractivity contribution in [2.45, 2.75) is 32.8 Å². The quantitative estimate of drug-likeness (QED) is 0.888. The minimum absolute atomic E-state index is 0.252. The summed E-state index contributed by atoms with van der Waals surface area (Å²) in [6.07, 6.45) is 0.566. The molecule has 0 spiro atoms. The highest BCUT2D eigenvalue weighted by molar-refractivity contribution is 5.71. The van der Waals surface area contributed by atoms with Crippen LogP contribution in [0.4, 0.5) is 0 Å². The smallest absolute Gasteiger partial charge is 0.306 e. The van der Waals surface area contributed by atoms with E-state index in [2.05, 4.69) is 0 Å². The van der Waals surface area contributed by atoms with Crippen LogP contribution in [0.15, 0.2) is 18.2 Å². The maximum absolute atomic E-state index is 11.4. The van der Waals surface area contributed by atoms with E-state index >= 15 is 0 Å². The lowest BCUT2D eigenvalue weighted by atomic mass is 9.86. The van der Waals surface area contributed by atoms with E-state index < -0.39 is 18.0 Å². The monoisotopic (exact) mass is 278 g/mol. The molecule has 20 heavy (non-hydrogen) atoms. The summed E-state index contributed by atoms with van der Waals surface area (Å²) in [7, 11) is 1.56. The molecule has 0 aliphatic heterocycles. The predicted molar refractivity (Wildman–Crippen MR) is 75.7 cm³/mol. The number of carboxylic acids is 1. The number of aliphatic hydroxyl groups excluding tert-OH is 1. The van der Waals surface area contributed by atoms with Crippen molar-refractivity contribution >= 4 is 5.97 Å². The summed E-state index contributed by atoms with van der Waals surface area (Å²) < 4.78 is 5.30. The highest BCUT2D eigenvalue weighted by atomic mass is 16.5. The van der Waals surface area contributed by atoms with Crippen molar-refractivity contribution in [1.29, 1.82) is 0 Å². The maximum Gasteiger partial charge on any atom is 0.306 e. The van der Waals surface area contributed by atoms with Crippen LogP contribution in [0.5, 0.6) is 5.75 Å². The minimum Gasteiger partial charge on any atom is -0.496 e. The van der Waals surface area contributed by atoms with Gasteiger partial charge in [0, 0.05) is 11.5 Å². The number of aliphatic carboxylic acids is 1. The second-order valence-electron chi connectivity index (χ2n) is 5.88. The Bertz CT molecular complexity index is 497. The Morgan fingerprint density at radius 3 is 2.70 bits per heavy atom. The van der Waals surface area contributed by atoms with Gasteiger partial charge < -0.3 is 14.9 Å². The van der Waals surface area contributed by atoms with E-state index in [9.17, 15) is 15.0 Å². The van der Waals surface area contributed by atoms with Gasteiger partial charge in [0.2, 0.25) is 0 Å². The Kier molecular flexibility index (Phi) is 4.33. The summed E-state index contributed by atoms with van der Waals surface area (Å²) in [5, 5.41) is 20.0. The van der Waals surface area contributed by atoms with E-state index in [4.69, 9.17) is 4.74 Å². The molecule has 4 heteroatoms. The molecule has 0 saturated heterocycles. The zero-order valence-corrected chi connectivity index (χ0v) is 12.2. The molecule has 0 bridgehead atoms. The molecule has 1 fully saturated rings. The molecular weight excluding hydrogens is 256 g/mol. The van der Waals surface area contributed by atoms with Crippen LogP contribution in [0.2, 0.25) is 0 Å². The van der Waals surface area contributed by atoms with E-state index in [0.29, 0.717) is 23.7 Å². The van der Waals surface area contributed by atoms with Gasteiger partial charge in [-0.1, -0.05) is 18.6 Å². The van der Waals surface area contributed by atoms with E-state index in [0.717, 1.165) is 12.0 Å². The van der Waals surface area contributed by atoms with E-state index in [1.165, 1.54) is 0 Å². The van der Waals surface area contributed by atoms with Crippen molar-refractivity contribution in [1.82, 2.24) is 0 Å². The molecule has 1 aromatic carbocycles. The average Bonchev–Trinajstić information content (AvgIpc) is 2.80. The number of carbonyl (C=O) groups is 1. The SMILES string of the molecule is COc1ccc(C)cc1C(O)C1CC(C)CC1C(=O)O. The third-order valence-corrected chi connectivity index (χ3v) is 4.27. The molecule has 4 atom stereocenters. The third kappa shape index (κ3) is 2.80. The number of aliphatic hydroxyl groups is 1. The fourth-order valence-electron chi connectivity index (χ4n) is 3.28. The van der Waals surface area contributed by atoms with Crippen LogP contribution in [0, 0.1) is 24.7 Å². The lowest BCUT2D eigenvalue weighted by Gasteiger charge is -2.24. The van der Waals surface area contributed by atoms with E-state index in [-0.39, 0.29) is 5.92 Å². The number of benzene rings is 1. The van der Waals surface area contributed by atoms with Gasteiger partial charge in [0.25, 0.3) is 0 Å². The zero-order chi connectivity index (χ0) is 14.9. The molecule has 0 heterocycles. The van der Waals surface area contributed by atoms with Crippen LogP contribution >= 0.6 is 0 Å². The summed E-state index contributed by atoms with van der Waals surface area (Å²) in [5.74, 6) is -0.605. The van der Waals surface area contributed by atoms with Crippen molar-refractivity contribution in [3.8, 4) is 5.75 Å². The lowest BCUT2D eigenvalue weighted by Crippen LogP contribution is -2.24. The van der Waals surface area contributed by atoms with Crippen molar-refractivity contribution in [3.63, 3.8) is 0 Å². The first-order valence-corrected chi connectivity index (χ1v) is 6.99. The second kappa shape index (κ2) is 5.83. The Hall–Kier alpha value is -1.55. The highest BCUT2D eigenvalue weighted by Gasteiger charge is 2.41. The first-order chi connectivity index (χ1) is 9.43. The van der Waals surface area contributed by atoms with Gasteiger partial charge in [0.1, 0.15) is 5.75 Å². The Morgan fingerprint density at radius 1 is 1.40 bits per heavy atom. The molecule has 1 aliphatic carbocycles. The molecule has 1 aromatic rings. The largest absolute Gasteiger partial charge is 0.496 e. The Balaban J connectivity index is 2.32. The van der Waals surface area contributed by atoms with E-state index in [1.807, 2.05) is 32.0 Å². The van der Waals surface area contributed by atoms with E-state index in [1.54, 1.807) is 7.11 Å². The predicted octanol–water partition coefficient (Wildman–Crippen LogP) is 2.78. The maximum atomic E-state index is 11.4. The average molecular weight is 278 g/mol. The fourth-order valence-corrected chi connectivity index (χ4v) is 3.28. The summed E-state index contributed by atoms with van der Waals surface area (Å²) in [4.78, 5) is 11.4. The summed E-state index contributed by atoms with van der Waals surface area (Å²) in [6.45, 7) is 3.98. The molecule has 0 radical (unpaired) electrons. The molecule has 0 aromatic heterocycles. The van der Waals surface area contributed by atoms with Crippen LogP contribution in [0.1, 0.15) is 37.0 Å². The van der Waals surface area contributed by atoms with Crippen LogP contribution in [-0.4, -0.2) is 23.3 Å². The van der Waals surface area contributed by atoms with Gasteiger partial charge >= 0.3 is 5.97 Å². The zero-order valence-electron chi connectivity index (χ0n) is 12.2. The second-order valence-corrected chi connectivity index (χ2v) is 5.88. The van der Waals surface area contributed by atoms with Gasteiger partial charge in [0.15, 0.2) is 0 Å². The van der Waals surface area contributed by atoms with Gasteiger partial charge in [0.05, 0.1) is 19.1 Å². The third-order valence-electron chi connectivity index (χ3n) is 4.27. The summed E-state index contributed by atoms with van der Waals surface area (Å²) >= 11 is 0. The van der Waals surface area contributed by atoms with Crippen LogP contribution < -0.4 is 4.74 Å². The molecule has 1 saturated carbocycles. The topological polar surface area (TPSA) is 66.8 Å². The van der Waals surface area contributed by atoms with Crippen molar-refractivity contribution in [2.75, 3.05) is 7.11 Å². The molecule has 110 valence electrons. The highest BCUT2D eigenvalue weighted by Crippen LogP contribution is 2.45.